The van der Waals surface area contributed by atoms with Crippen molar-refractivity contribution < 1.29 is 24.2 Å². The highest BCUT2D eigenvalue weighted by Gasteiger charge is 2.35. The quantitative estimate of drug-likeness (QED) is 0.642. The zero-order valence-electron chi connectivity index (χ0n) is 12.4. The maximum Gasteiger partial charge on any atom is 0.338 e. The third-order valence-corrected chi connectivity index (χ3v) is 3.62. The van der Waals surface area contributed by atoms with Gasteiger partial charge in [0.15, 0.2) is 0 Å². The number of ether oxygens (including phenoxy) is 1. The molecule has 0 aromatic heterocycles. The van der Waals surface area contributed by atoms with E-state index in [0.717, 1.165) is 12.8 Å². The van der Waals surface area contributed by atoms with Crippen LogP contribution in [0.3, 0.4) is 0 Å². The van der Waals surface area contributed by atoms with Crippen LogP contribution in [0, 0.1) is 5.92 Å². The van der Waals surface area contributed by atoms with E-state index in [2.05, 4.69) is 0 Å². The summed E-state index contributed by atoms with van der Waals surface area (Å²) < 4.78 is 5.11. The van der Waals surface area contributed by atoms with Crippen LogP contribution in [0.25, 0.3) is 0 Å². The van der Waals surface area contributed by atoms with Gasteiger partial charge in [-0.1, -0.05) is 13.3 Å². The molecule has 1 aromatic carbocycles. The molecular formula is C16H19NO5. The lowest BCUT2D eigenvalue weighted by Crippen LogP contribution is -2.25. The molecule has 1 N–H and O–H groups in total. The molecule has 118 valence electrons. The summed E-state index contributed by atoms with van der Waals surface area (Å²) in [7, 11) is 0. The molecule has 1 aliphatic rings. The van der Waals surface area contributed by atoms with E-state index >= 15 is 0 Å². The largest absolute Gasteiger partial charge is 0.481 e. The fourth-order valence-corrected chi connectivity index (χ4v) is 2.29. The maximum absolute atomic E-state index is 11.9. The Hall–Kier alpha value is -2.37. The highest BCUT2D eigenvalue weighted by Crippen LogP contribution is 2.25. The summed E-state index contributed by atoms with van der Waals surface area (Å²) in [4.78, 5) is 36.0. The molecule has 0 aliphatic carbocycles. The summed E-state index contributed by atoms with van der Waals surface area (Å²) in [6.07, 6.45) is 1.78. The van der Waals surface area contributed by atoms with Crippen LogP contribution in [0.2, 0.25) is 0 Å². The molecule has 1 amide bonds. The Balaban J connectivity index is 2.01. The number of nitrogens with zero attached hydrogens (tertiary/aromatic N) is 1. The fourth-order valence-electron chi connectivity index (χ4n) is 2.29. The number of aliphatic carboxylic acids is 1. The average molecular weight is 305 g/mol. The Morgan fingerprint density at radius 1 is 1.32 bits per heavy atom. The van der Waals surface area contributed by atoms with Gasteiger partial charge in [0.1, 0.15) is 0 Å². The zero-order valence-corrected chi connectivity index (χ0v) is 12.4. The van der Waals surface area contributed by atoms with E-state index in [9.17, 15) is 14.4 Å². The number of carboxylic acid groups (broad SMARTS) is 1. The minimum atomic E-state index is -0.966. The standard InChI is InChI=1S/C16H19NO5/c1-2-3-8-22-16(21)11-4-6-13(7-5-11)17-10-12(15(19)20)9-14(17)18/h4-7,12H,2-3,8-10H2,1H3,(H,19,20)/t12-/m1/s1. The second-order valence-electron chi connectivity index (χ2n) is 5.28. The predicted octanol–water partition coefficient (Wildman–Crippen LogP) is 2.08. The molecule has 22 heavy (non-hydrogen) atoms. The van der Waals surface area contributed by atoms with Crippen molar-refractivity contribution in [2.75, 3.05) is 18.1 Å². The number of carbonyl (C=O) groups excluding carboxylic acids is 2. The number of rotatable bonds is 6. The van der Waals surface area contributed by atoms with Crippen molar-refractivity contribution in [3.8, 4) is 0 Å². The number of anilines is 1. The van der Waals surface area contributed by atoms with Gasteiger partial charge in [0.2, 0.25) is 5.91 Å². The van der Waals surface area contributed by atoms with Gasteiger partial charge < -0.3 is 14.7 Å². The summed E-state index contributed by atoms with van der Waals surface area (Å²) in [5, 5.41) is 8.98. The molecule has 1 heterocycles. The van der Waals surface area contributed by atoms with E-state index in [1.54, 1.807) is 24.3 Å². The molecule has 0 bridgehead atoms. The van der Waals surface area contributed by atoms with Crippen LogP contribution in [0.4, 0.5) is 5.69 Å². The van der Waals surface area contributed by atoms with E-state index in [0.29, 0.717) is 17.9 Å². The van der Waals surface area contributed by atoms with Gasteiger partial charge in [0.25, 0.3) is 0 Å². The van der Waals surface area contributed by atoms with Crippen molar-refractivity contribution in [2.24, 2.45) is 5.92 Å². The van der Waals surface area contributed by atoms with Crippen LogP contribution in [0.5, 0.6) is 0 Å². The number of esters is 1. The Kier molecular flexibility index (Phi) is 5.14. The lowest BCUT2D eigenvalue weighted by molar-refractivity contribution is -0.141. The van der Waals surface area contributed by atoms with Crippen LogP contribution in [0.15, 0.2) is 24.3 Å². The summed E-state index contributed by atoms with van der Waals surface area (Å²) in [5.74, 6) is -2.25. The Labute approximate surface area is 128 Å². The first kappa shape index (κ1) is 16.0. The van der Waals surface area contributed by atoms with Gasteiger partial charge in [-0.25, -0.2) is 4.79 Å². The Morgan fingerprint density at radius 2 is 2.00 bits per heavy atom. The van der Waals surface area contributed by atoms with E-state index in [1.165, 1.54) is 4.90 Å². The number of unbranched alkanes of at least 4 members (excludes halogenated alkanes) is 1. The summed E-state index contributed by atoms with van der Waals surface area (Å²) in [6, 6.07) is 6.45. The minimum Gasteiger partial charge on any atom is -0.481 e. The van der Waals surface area contributed by atoms with Crippen LogP contribution < -0.4 is 4.90 Å². The average Bonchev–Trinajstić information content (AvgIpc) is 2.90. The van der Waals surface area contributed by atoms with Gasteiger partial charge in [-0.2, -0.15) is 0 Å². The van der Waals surface area contributed by atoms with Crippen molar-refractivity contribution in [2.45, 2.75) is 26.2 Å². The van der Waals surface area contributed by atoms with Crippen LogP contribution in [-0.2, 0) is 14.3 Å². The second kappa shape index (κ2) is 7.06. The van der Waals surface area contributed by atoms with Crippen molar-refractivity contribution >= 4 is 23.5 Å². The molecule has 1 fully saturated rings. The highest BCUT2D eigenvalue weighted by molar-refractivity contribution is 5.99. The van der Waals surface area contributed by atoms with Gasteiger partial charge in [-0.15, -0.1) is 0 Å². The number of carboxylic acids is 1. The van der Waals surface area contributed by atoms with Gasteiger partial charge in [-0.05, 0) is 30.7 Å². The number of carbonyl (C=O) groups is 3. The highest BCUT2D eigenvalue weighted by atomic mass is 16.5. The lowest BCUT2D eigenvalue weighted by atomic mass is 10.1. The van der Waals surface area contributed by atoms with E-state index < -0.39 is 17.9 Å². The summed E-state index contributed by atoms with van der Waals surface area (Å²) >= 11 is 0. The second-order valence-corrected chi connectivity index (χ2v) is 5.28. The molecule has 0 unspecified atom stereocenters. The molecule has 0 radical (unpaired) electrons. The number of benzene rings is 1. The van der Waals surface area contributed by atoms with Crippen molar-refractivity contribution in [1.82, 2.24) is 0 Å². The first-order valence-electron chi connectivity index (χ1n) is 7.33. The molecular weight excluding hydrogens is 286 g/mol. The number of hydrogen-bond donors (Lipinski definition) is 1. The molecule has 1 atom stereocenters. The lowest BCUT2D eigenvalue weighted by Gasteiger charge is -2.16. The summed E-state index contributed by atoms with van der Waals surface area (Å²) in [5.41, 5.74) is 1.01. The molecule has 6 nitrogen and oxygen atoms in total. The van der Waals surface area contributed by atoms with Crippen LogP contribution in [-0.4, -0.2) is 36.1 Å². The van der Waals surface area contributed by atoms with Crippen LogP contribution in [0.1, 0.15) is 36.5 Å². The molecule has 0 saturated carbocycles. The van der Waals surface area contributed by atoms with Gasteiger partial charge in [0, 0.05) is 18.7 Å². The van der Waals surface area contributed by atoms with Crippen LogP contribution >= 0.6 is 0 Å². The monoisotopic (exact) mass is 305 g/mol. The van der Waals surface area contributed by atoms with Gasteiger partial charge in [-0.3, -0.25) is 9.59 Å². The SMILES string of the molecule is CCCCOC(=O)c1ccc(N2C[C@H](C(=O)O)CC2=O)cc1. The van der Waals surface area contributed by atoms with E-state index in [-0.39, 0.29) is 18.9 Å². The summed E-state index contributed by atoms with van der Waals surface area (Å²) in [6.45, 7) is 2.57. The molecule has 1 saturated heterocycles. The zero-order chi connectivity index (χ0) is 16.1. The maximum atomic E-state index is 11.9. The van der Waals surface area contributed by atoms with Gasteiger partial charge in [0.05, 0.1) is 18.1 Å². The molecule has 2 rings (SSSR count). The first-order chi connectivity index (χ1) is 10.5. The van der Waals surface area contributed by atoms with Gasteiger partial charge >= 0.3 is 11.9 Å². The third kappa shape index (κ3) is 3.63. The number of hydrogen-bond acceptors (Lipinski definition) is 4. The minimum absolute atomic E-state index is 0.0101. The fraction of sp³-hybridized carbons (Fsp3) is 0.438. The van der Waals surface area contributed by atoms with Crippen molar-refractivity contribution in [1.29, 1.82) is 0 Å². The van der Waals surface area contributed by atoms with E-state index in [1.807, 2.05) is 6.92 Å². The molecule has 1 aliphatic heterocycles. The molecule has 1 aromatic rings. The topological polar surface area (TPSA) is 83.9 Å². The normalized spacial score (nSPS) is 17.6. The van der Waals surface area contributed by atoms with E-state index in [4.69, 9.17) is 9.84 Å². The smallest absolute Gasteiger partial charge is 0.338 e. The van der Waals surface area contributed by atoms with Crippen molar-refractivity contribution in [3.05, 3.63) is 29.8 Å². The van der Waals surface area contributed by atoms with Crippen molar-refractivity contribution in [3.63, 3.8) is 0 Å². The predicted molar refractivity (Wildman–Crippen MR) is 79.7 cm³/mol. The molecule has 0 spiro atoms. The number of amides is 1. The third-order valence-electron chi connectivity index (χ3n) is 3.62. The Morgan fingerprint density at radius 3 is 2.55 bits per heavy atom. The molecule has 6 heteroatoms. The first-order valence-corrected chi connectivity index (χ1v) is 7.33. The Bertz CT molecular complexity index is 566.